The number of benzene rings is 2. The second-order valence-electron chi connectivity index (χ2n) is 4.89. The fourth-order valence-corrected chi connectivity index (χ4v) is 2.52. The van der Waals surface area contributed by atoms with Crippen molar-refractivity contribution in [1.82, 2.24) is 0 Å². The van der Waals surface area contributed by atoms with Crippen molar-refractivity contribution >= 4 is 0 Å². The van der Waals surface area contributed by atoms with Crippen LogP contribution >= 0.6 is 0 Å². The quantitative estimate of drug-likeness (QED) is 0.712. The Labute approximate surface area is 126 Å². The molecule has 1 N–H and O–H groups in total. The predicted molar refractivity (Wildman–Crippen MR) is 84.2 cm³/mol. The maximum Gasteiger partial charge on any atom is 0.453 e. The molecule has 0 atom stereocenters. The first kappa shape index (κ1) is 12.2. The fourth-order valence-electron chi connectivity index (χ4n) is 2.52. The molecule has 0 bridgehead atoms. The van der Waals surface area contributed by atoms with Gasteiger partial charge in [0.15, 0.2) is 12.4 Å². The molecule has 0 spiro atoms. The van der Waals surface area contributed by atoms with Crippen LogP contribution in [0.2, 0.25) is 1.41 Å². The molecule has 2 heteroatoms. The van der Waals surface area contributed by atoms with Gasteiger partial charge in [0.1, 0.15) is 5.75 Å². The van der Waals surface area contributed by atoms with E-state index >= 15 is 0 Å². The van der Waals surface area contributed by atoms with E-state index in [0.717, 1.165) is 17.7 Å². The molecule has 0 saturated heterocycles. The normalized spacial score (nSPS) is 11.0. The zero-order chi connectivity index (χ0) is 15.4. The lowest BCUT2D eigenvalue weighted by atomic mass is 9.95. The van der Waals surface area contributed by atoms with Crippen molar-refractivity contribution in [3.63, 3.8) is 0 Å². The van der Waals surface area contributed by atoms with Gasteiger partial charge in [-0.05, 0) is 29.2 Å². The molecule has 2 aromatic carbocycles. The lowest BCUT2D eigenvalue weighted by Gasteiger charge is -2.13. The van der Waals surface area contributed by atoms with Crippen LogP contribution in [0.1, 0.15) is 11.1 Å². The van der Waals surface area contributed by atoms with Gasteiger partial charge < -0.3 is 4.74 Å². The predicted octanol–water partition coefficient (Wildman–Crippen LogP) is 3.77. The Kier molecular flexibility index (Phi) is 3.60. The number of nitrogens with one attached hydrogen (secondary N) is 1. The van der Waals surface area contributed by atoms with Gasteiger partial charge in [0.25, 0.3) is 0 Å². The van der Waals surface area contributed by atoms with Crippen LogP contribution < -0.4 is 9.71 Å². The van der Waals surface area contributed by atoms with Crippen LogP contribution in [0.5, 0.6) is 5.75 Å². The van der Waals surface area contributed by atoms with E-state index in [4.69, 9.17) is 6.15 Å². The SMILES string of the molecule is [2H][n+]1ccc(Cc2ccccc2-c2ccccc2OC)cc1. The molecule has 104 valence electrons. The van der Waals surface area contributed by atoms with Gasteiger partial charge in [-0.3, -0.25) is 0 Å². The highest BCUT2D eigenvalue weighted by Gasteiger charge is 2.10. The first-order valence-corrected chi connectivity index (χ1v) is 6.98. The molecule has 1 aromatic heterocycles. The average molecular weight is 277 g/mol. The molecule has 0 amide bonds. The van der Waals surface area contributed by atoms with Crippen LogP contribution in [0.4, 0.5) is 0 Å². The molecule has 0 aliphatic rings. The van der Waals surface area contributed by atoms with Crippen molar-refractivity contribution in [2.45, 2.75) is 6.42 Å². The molecular weight excluding hydrogens is 258 g/mol. The largest absolute Gasteiger partial charge is 0.496 e. The van der Waals surface area contributed by atoms with E-state index in [1.54, 1.807) is 19.5 Å². The molecule has 1 heterocycles. The lowest BCUT2D eigenvalue weighted by Crippen LogP contribution is -2.00. The third-order valence-corrected chi connectivity index (χ3v) is 3.56. The Morgan fingerprint density at radius 1 is 0.905 bits per heavy atom. The van der Waals surface area contributed by atoms with Gasteiger partial charge in [0, 0.05) is 17.7 Å². The van der Waals surface area contributed by atoms with Gasteiger partial charge in [0.05, 0.1) is 7.11 Å². The van der Waals surface area contributed by atoms with Gasteiger partial charge in [-0.15, -0.1) is 0 Å². The van der Waals surface area contributed by atoms with Crippen LogP contribution in [0.3, 0.4) is 0 Å². The van der Waals surface area contributed by atoms with Crippen molar-refractivity contribution in [3.8, 4) is 16.9 Å². The Morgan fingerprint density at radius 2 is 1.57 bits per heavy atom. The number of aromatic amines is 1. The van der Waals surface area contributed by atoms with Gasteiger partial charge in [-0.1, -0.05) is 42.5 Å². The number of aromatic nitrogens is 1. The molecule has 3 aromatic rings. The third-order valence-electron chi connectivity index (χ3n) is 3.56. The van der Waals surface area contributed by atoms with Crippen molar-refractivity contribution in [2.24, 2.45) is 0 Å². The Morgan fingerprint density at radius 3 is 2.33 bits per heavy atom. The highest BCUT2D eigenvalue weighted by Crippen LogP contribution is 2.32. The molecule has 0 fully saturated rings. The molecule has 0 aliphatic carbocycles. The van der Waals surface area contributed by atoms with E-state index in [9.17, 15) is 0 Å². The highest BCUT2D eigenvalue weighted by atomic mass is 16.5. The summed E-state index contributed by atoms with van der Waals surface area (Å²) in [7, 11) is 1.70. The highest BCUT2D eigenvalue weighted by molar-refractivity contribution is 5.73. The molecule has 0 unspecified atom stereocenters. The van der Waals surface area contributed by atoms with Crippen LogP contribution in [0.25, 0.3) is 11.1 Å². The minimum absolute atomic E-state index is 0.828. The van der Waals surface area contributed by atoms with Crippen LogP contribution in [-0.4, -0.2) is 7.11 Å². The van der Waals surface area contributed by atoms with E-state index in [2.05, 4.69) is 24.3 Å². The first-order valence-electron chi connectivity index (χ1n) is 7.43. The summed E-state index contributed by atoms with van der Waals surface area (Å²) in [6.45, 7) is 0. The second kappa shape index (κ2) is 6.23. The van der Waals surface area contributed by atoms with Crippen molar-refractivity contribution in [2.75, 3.05) is 7.11 Å². The van der Waals surface area contributed by atoms with Gasteiger partial charge in [-0.2, -0.15) is 0 Å². The van der Waals surface area contributed by atoms with Crippen LogP contribution in [0.15, 0.2) is 73.1 Å². The number of ether oxygens (including phenoxy) is 1. The zero-order valence-corrected chi connectivity index (χ0v) is 12.0. The fraction of sp³-hybridized carbons (Fsp3) is 0.105. The molecule has 0 saturated carbocycles. The standard InChI is InChI=1S/C19H17NO/c1-21-19-9-5-4-8-18(19)17-7-3-2-6-16(17)14-15-10-12-20-13-11-15/h2-13H,14H2,1H3/p+1/i/hD. The van der Waals surface area contributed by atoms with E-state index < -0.39 is 0 Å². The summed E-state index contributed by atoms with van der Waals surface area (Å²) in [6, 6.07) is 20.4. The summed E-state index contributed by atoms with van der Waals surface area (Å²) >= 11 is 0. The van der Waals surface area contributed by atoms with Gasteiger partial charge in [0.2, 0.25) is 0 Å². The molecular formula is C19H18NO+. The summed E-state index contributed by atoms with van der Waals surface area (Å²) in [5.74, 6) is 0.881. The minimum Gasteiger partial charge on any atom is -0.496 e. The first-order chi connectivity index (χ1) is 10.8. The smallest absolute Gasteiger partial charge is 0.453 e. The number of rotatable bonds is 4. The summed E-state index contributed by atoms with van der Waals surface area (Å²) < 4.78 is 13.0. The number of para-hydroxylation sites is 1. The molecule has 2 nitrogen and oxygen atoms in total. The van der Waals surface area contributed by atoms with E-state index in [1.165, 1.54) is 21.7 Å². The second-order valence-corrected chi connectivity index (χ2v) is 4.89. The minimum atomic E-state index is 0.828. The van der Waals surface area contributed by atoms with E-state index in [-0.39, 0.29) is 0 Å². The van der Waals surface area contributed by atoms with Crippen molar-refractivity contribution in [1.29, 1.82) is 0 Å². The van der Waals surface area contributed by atoms with Crippen LogP contribution in [0, 0.1) is 0 Å². The van der Waals surface area contributed by atoms with Crippen LogP contribution in [-0.2, 0) is 6.42 Å². The third kappa shape index (κ3) is 2.95. The summed E-state index contributed by atoms with van der Waals surface area (Å²) in [6.07, 6.45) is 4.33. The van der Waals surface area contributed by atoms with E-state index in [0.29, 0.717) is 0 Å². The maximum atomic E-state index is 7.50. The molecule has 3 rings (SSSR count). The number of H-pyrrole nitrogens is 1. The van der Waals surface area contributed by atoms with Crippen molar-refractivity contribution in [3.05, 3.63) is 84.2 Å². The van der Waals surface area contributed by atoms with Gasteiger partial charge in [-0.25, -0.2) is 4.98 Å². The zero-order valence-electron chi connectivity index (χ0n) is 13.0. The number of methoxy groups -OCH3 is 1. The average Bonchev–Trinajstić information content (AvgIpc) is 2.57. The summed E-state index contributed by atoms with van der Waals surface area (Å²) in [5, 5.41) is 0. The maximum absolute atomic E-state index is 7.50. The Bertz CT molecular complexity index is 768. The molecule has 0 radical (unpaired) electrons. The molecule has 21 heavy (non-hydrogen) atoms. The van der Waals surface area contributed by atoms with Crippen molar-refractivity contribution < 1.29 is 11.1 Å². The number of hydrogen-bond donors (Lipinski definition) is 0. The Hall–Kier alpha value is -2.61. The summed E-state index contributed by atoms with van der Waals surface area (Å²) in [4.78, 5) is 1.30. The number of hydrogen-bond acceptors (Lipinski definition) is 1. The van der Waals surface area contributed by atoms with Gasteiger partial charge >= 0.3 is 1.41 Å². The topological polar surface area (TPSA) is 23.4 Å². The molecule has 0 aliphatic heterocycles. The Balaban J connectivity index is 2.01. The monoisotopic (exact) mass is 277 g/mol. The van der Waals surface area contributed by atoms with E-state index in [1.807, 2.05) is 36.4 Å². The lowest BCUT2D eigenvalue weighted by molar-refractivity contribution is -0.378. The number of pyridine rings is 1. The summed E-state index contributed by atoms with van der Waals surface area (Å²) in [5.41, 5.74) is 4.72.